The number of amides is 1. The Morgan fingerprint density at radius 3 is 2.12 bits per heavy atom. The lowest BCUT2D eigenvalue weighted by atomic mass is 9.97. The summed E-state index contributed by atoms with van der Waals surface area (Å²) >= 11 is 0. The Balaban J connectivity index is 1.14. The van der Waals surface area contributed by atoms with Crippen LogP contribution in [0.5, 0.6) is 0 Å². The fraction of sp³-hybridized carbons (Fsp3) is 0.321. The van der Waals surface area contributed by atoms with Gasteiger partial charge >= 0.3 is 6.09 Å². The summed E-state index contributed by atoms with van der Waals surface area (Å²) in [4.78, 5) is 14.8. The molecule has 1 amide bonds. The average Bonchev–Trinajstić information content (AvgIpc) is 3.20. The summed E-state index contributed by atoms with van der Waals surface area (Å²) in [5, 5.41) is 12.2. The Kier molecular flexibility index (Phi) is 6.31. The Morgan fingerprint density at radius 1 is 0.909 bits per heavy atom. The van der Waals surface area contributed by atoms with E-state index in [4.69, 9.17) is 4.74 Å². The Bertz CT molecular complexity index is 1060. The first-order chi connectivity index (χ1) is 16.2. The molecule has 1 saturated heterocycles. The zero-order valence-corrected chi connectivity index (χ0v) is 18.7. The van der Waals surface area contributed by atoms with Gasteiger partial charge in [0.2, 0.25) is 0 Å². The first kappa shape index (κ1) is 21.5. The number of aliphatic hydroxyl groups excluding tert-OH is 1. The smallest absolute Gasteiger partial charge is 0.407 e. The first-order valence-electron chi connectivity index (χ1n) is 11.8. The summed E-state index contributed by atoms with van der Waals surface area (Å²) in [5.41, 5.74) is 7.11. The molecule has 5 rings (SSSR count). The lowest BCUT2D eigenvalue weighted by molar-refractivity contribution is 0.142. The van der Waals surface area contributed by atoms with Crippen LogP contribution in [0.4, 0.5) is 10.5 Å². The van der Waals surface area contributed by atoms with E-state index in [0.717, 1.165) is 31.5 Å². The van der Waals surface area contributed by atoms with Crippen molar-refractivity contribution < 1.29 is 14.6 Å². The van der Waals surface area contributed by atoms with Crippen LogP contribution >= 0.6 is 0 Å². The monoisotopic (exact) mass is 442 g/mol. The van der Waals surface area contributed by atoms with Crippen LogP contribution in [0.1, 0.15) is 35.4 Å². The molecule has 0 unspecified atom stereocenters. The zero-order chi connectivity index (χ0) is 22.6. The van der Waals surface area contributed by atoms with Gasteiger partial charge in [-0.05, 0) is 58.7 Å². The van der Waals surface area contributed by atoms with E-state index in [9.17, 15) is 9.90 Å². The molecular weight excluding hydrogens is 412 g/mol. The molecule has 0 bridgehead atoms. The minimum atomic E-state index is -0.396. The fourth-order valence-corrected chi connectivity index (χ4v) is 5.02. The van der Waals surface area contributed by atoms with Gasteiger partial charge in [0.15, 0.2) is 0 Å². The molecule has 2 aliphatic rings. The van der Waals surface area contributed by atoms with Gasteiger partial charge in [-0.2, -0.15) is 0 Å². The van der Waals surface area contributed by atoms with Crippen molar-refractivity contribution in [2.24, 2.45) is 5.92 Å². The number of hydrogen-bond acceptors (Lipinski definition) is 4. The molecule has 0 atom stereocenters. The summed E-state index contributed by atoms with van der Waals surface area (Å²) in [6.45, 7) is 2.99. The Hall–Kier alpha value is -3.31. The number of nitrogens with zero attached hydrogens (tertiary/aromatic N) is 1. The van der Waals surface area contributed by atoms with E-state index in [1.54, 1.807) is 0 Å². The van der Waals surface area contributed by atoms with Crippen molar-refractivity contribution in [2.75, 3.05) is 31.2 Å². The minimum absolute atomic E-state index is 0.0670. The summed E-state index contributed by atoms with van der Waals surface area (Å²) in [6, 6.07) is 25.0. The fourth-order valence-electron chi connectivity index (χ4n) is 5.02. The molecule has 0 saturated carbocycles. The normalized spacial score (nSPS) is 15.7. The standard InChI is InChI=1S/C28H30N2O3/c31-18-21-13-15-30(16-14-21)22-11-9-20(10-12-22)17-29-28(32)33-19-27-25-7-3-1-5-23(25)24-6-2-4-8-26(24)27/h1-12,21,27,31H,13-19H2,(H,29,32). The number of piperidine rings is 1. The number of carbonyl (C=O) groups is 1. The van der Waals surface area contributed by atoms with Gasteiger partial charge in [-0.3, -0.25) is 0 Å². The maximum absolute atomic E-state index is 12.4. The van der Waals surface area contributed by atoms with Crippen molar-refractivity contribution in [3.63, 3.8) is 0 Å². The van der Waals surface area contributed by atoms with Crippen molar-refractivity contribution in [1.82, 2.24) is 5.32 Å². The van der Waals surface area contributed by atoms with Gasteiger partial charge in [0.25, 0.3) is 0 Å². The van der Waals surface area contributed by atoms with Crippen LogP contribution in [0, 0.1) is 5.92 Å². The highest BCUT2D eigenvalue weighted by Crippen LogP contribution is 2.44. The maximum Gasteiger partial charge on any atom is 0.407 e. The minimum Gasteiger partial charge on any atom is -0.449 e. The van der Waals surface area contributed by atoms with Gasteiger partial charge in [0, 0.05) is 37.8 Å². The number of rotatable bonds is 6. The van der Waals surface area contributed by atoms with Crippen molar-refractivity contribution >= 4 is 11.8 Å². The molecule has 1 heterocycles. The molecule has 0 aromatic heterocycles. The van der Waals surface area contributed by atoms with Gasteiger partial charge in [-0.1, -0.05) is 60.7 Å². The van der Waals surface area contributed by atoms with Crippen LogP contribution < -0.4 is 10.2 Å². The predicted octanol–water partition coefficient (Wildman–Crippen LogP) is 4.93. The lowest BCUT2D eigenvalue weighted by Crippen LogP contribution is -2.34. The molecule has 0 spiro atoms. The first-order valence-corrected chi connectivity index (χ1v) is 11.8. The average molecular weight is 443 g/mol. The quantitative estimate of drug-likeness (QED) is 0.568. The second-order valence-electron chi connectivity index (χ2n) is 8.96. The van der Waals surface area contributed by atoms with E-state index in [1.807, 2.05) is 24.3 Å². The molecule has 1 aliphatic carbocycles. The van der Waals surface area contributed by atoms with Gasteiger partial charge in [0.05, 0.1) is 0 Å². The highest BCUT2D eigenvalue weighted by molar-refractivity contribution is 5.79. The van der Waals surface area contributed by atoms with Crippen molar-refractivity contribution in [3.8, 4) is 11.1 Å². The number of benzene rings is 3. The van der Waals surface area contributed by atoms with Gasteiger partial charge in [0.1, 0.15) is 6.61 Å². The van der Waals surface area contributed by atoms with E-state index >= 15 is 0 Å². The van der Waals surface area contributed by atoms with Crippen molar-refractivity contribution in [3.05, 3.63) is 89.5 Å². The summed E-state index contributed by atoms with van der Waals surface area (Å²) in [7, 11) is 0. The lowest BCUT2D eigenvalue weighted by Gasteiger charge is -2.33. The third kappa shape index (κ3) is 4.60. The second-order valence-corrected chi connectivity index (χ2v) is 8.96. The van der Waals surface area contributed by atoms with E-state index in [-0.39, 0.29) is 12.5 Å². The van der Waals surface area contributed by atoms with Gasteiger partial charge in [-0.15, -0.1) is 0 Å². The zero-order valence-electron chi connectivity index (χ0n) is 18.7. The Labute approximate surface area is 195 Å². The van der Waals surface area contributed by atoms with Gasteiger partial charge in [-0.25, -0.2) is 4.79 Å². The number of hydrogen-bond donors (Lipinski definition) is 2. The molecule has 1 fully saturated rings. The highest BCUT2D eigenvalue weighted by atomic mass is 16.5. The third-order valence-corrected chi connectivity index (χ3v) is 6.95. The number of nitrogens with one attached hydrogen (secondary N) is 1. The second kappa shape index (κ2) is 9.67. The van der Waals surface area contributed by atoms with E-state index in [1.165, 1.54) is 27.9 Å². The summed E-state index contributed by atoms with van der Waals surface area (Å²) in [6.07, 6.45) is 1.66. The molecule has 3 aromatic rings. The van der Waals surface area contributed by atoms with Crippen molar-refractivity contribution in [1.29, 1.82) is 0 Å². The van der Waals surface area contributed by atoms with Crippen LogP contribution in [0.15, 0.2) is 72.8 Å². The number of ether oxygens (including phenoxy) is 1. The predicted molar refractivity (Wildman–Crippen MR) is 130 cm³/mol. The number of carbonyl (C=O) groups excluding carboxylic acids is 1. The van der Waals surface area contributed by atoms with Crippen LogP contribution in [-0.4, -0.2) is 37.5 Å². The van der Waals surface area contributed by atoms with E-state index in [0.29, 0.717) is 19.1 Å². The maximum atomic E-state index is 12.4. The van der Waals surface area contributed by atoms with E-state index in [2.05, 4.69) is 58.7 Å². The molecule has 0 radical (unpaired) electrons. The largest absolute Gasteiger partial charge is 0.449 e. The van der Waals surface area contributed by atoms with Crippen molar-refractivity contribution in [2.45, 2.75) is 25.3 Å². The molecule has 5 nitrogen and oxygen atoms in total. The van der Waals surface area contributed by atoms with Gasteiger partial charge < -0.3 is 20.1 Å². The SMILES string of the molecule is O=C(NCc1ccc(N2CCC(CO)CC2)cc1)OCC1c2ccccc2-c2ccccc21. The highest BCUT2D eigenvalue weighted by Gasteiger charge is 2.29. The molecule has 33 heavy (non-hydrogen) atoms. The van der Waals surface area contributed by atoms with Crippen LogP contribution in [0.2, 0.25) is 0 Å². The van der Waals surface area contributed by atoms with E-state index < -0.39 is 6.09 Å². The summed E-state index contributed by atoms with van der Waals surface area (Å²) in [5.74, 6) is 0.499. The van der Waals surface area contributed by atoms with Crippen LogP contribution in [0.3, 0.4) is 0 Å². The summed E-state index contributed by atoms with van der Waals surface area (Å²) < 4.78 is 5.62. The van der Waals surface area contributed by atoms with Crippen LogP contribution in [0.25, 0.3) is 11.1 Å². The number of fused-ring (bicyclic) bond motifs is 3. The Morgan fingerprint density at radius 2 is 1.52 bits per heavy atom. The topological polar surface area (TPSA) is 61.8 Å². The molecule has 2 N–H and O–H groups in total. The number of aliphatic hydroxyl groups is 1. The molecule has 3 aromatic carbocycles. The number of alkyl carbamates (subject to hydrolysis) is 1. The van der Waals surface area contributed by atoms with Crippen LogP contribution in [-0.2, 0) is 11.3 Å². The molecule has 1 aliphatic heterocycles. The third-order valence-electron chi connectivity index (χ3n) is 6.95. The molecular formula is C28H30N2O3. The number of anilines is 1. The molecule has 170 valence electrons. The molecule has 5 heteroatoms.